The van der Waals surface area contributed by atoms with Gasteiger partial charge in [0, 0.05) is 10.6 Å². The maximum Gasteiger partial charge on any atom is 0.278 e. The zero-order chi connectivity index (χ0) is 19.7. The molecule has 0 radical (unpaired) electrons. The first-order valence-electron chi connectivity index (χ1n) is 8.43. The highest BCUT2D eigenvalue weighted by Gasteiger charge is 2.21. The molecular weight excluding hydrogens is 396 g/mol. The molecule has 9 heteroatoms. The minimum absolute atomic E-state index is 0.216. The molecule has 0 unspecified atom stereocenters. The quantitative estimate of drug-likeness (QED) is 0.506. The van der Waals surface area contributed by atoms with Crippen molar-refractivity contribution in [3.63, 3.8) is 0 Å². The number of benzene rings is 2. The van der Waals surface area contributed by atoms with E-state index in [0.29, 0.717) is 15.7 Å². The van der Waals surface area contributed by atoms with Crippen LogP contribution in [0, 0.1) is 13.8 Å². The Morgan fingerprint density at radius 2 is 1.75 bits per heavy atom. The van der Waals surface area contributed by atoms with E-state index in [4.69, 9.17) is 11.6 Å². The largest absolute Gasteiger partial charge is 0.278 e. The van der Waals surface area contributed by atoms with Crippen molar-refractivity contribution in [2.75, 3.05) is 0 Å². The number of hydrogen-bond donors (Lipinski definition) is 0. The predicted molar refractivity (Wildman–Crippen MR) is 106 cm³/mol. The Bertz CT molecular complexity index is 1140. The summed E-state index contributed by atoms with van der Waals surface area (Å²) in [4.78, 5) is 13.7. The maximum absolute atomic E-state index is 12.8. The Kier molecular flexibility index (Phi) is 4.97. The van der Waals surface area contributed by atoms with E-state index >= 15 is 0 Å². The highest BCUT2D eigenvalue weighted by molar-refractivity contribution is 7.99. The average Bonchev–Trinajstić information content (AvgIpc) is 3.29. The zero-order valence-corrected chi connectivity index (χ0v) is 16.6. The smallest absolute Gasteiger partial charge is 0.267 e. The van der Waals surface area contributed by atoms with Gasteiger partial charge < -0.3 is 0 Å². The Morgan fingerprint density at radius 1 is 1.04 bits per heavy atom. The van der Waals surface area contributed by atoms with E-state index in [1.807, 2.05) is 44.2 Å². The van der Waals surface area contributed by atoms with Gasteiger partial charge in [0.1, 0.15) is 0 Å². The summed E-state index contributed by atoms with van der Waals surface area (Å²) in [6.07, 6.45) is 0. The van der Waals surface area contributed by atoms with Crippen LogP contribution in [0.5, 0.6) is 0 Å². The molecule has 0 N–H and O–H groups in total. The lowest BCUT2D eigenvalue weighted by Crippen LogP contribution is -2.15. The molecule has 2 aromatic heterocycles. The summed E-state index contributed by atoms with van der Waals surface area (Å²) in [5, 5.41) is 17.6. The van der Waals surface area contributed by atoms with Crippen molar-refractivity contribution >= 4 is 29.3 Å². The second-order valence-electron chi connectivity index (χ2n) is 6.03. The number of aryl methyl sites for hydroxylation is 1. The Hall–Kier alpha value is -2.97. The first-order valence-corrected chi connectivity index (χ1v) is 9.62. The molecule has 0 aliphatic carbocycles. The predicted octanol–water partition coefficient (Wildman–Crippen LogP) is 3.97. The molecule has 2 aromatic carbocycles. The number of nitrogens with zero attached hydrogens (tertiary/aromatic N) is 6. The first kappa shape index (κ1) is 18.4. The molecule has 0 amide bonds. The second kappa shape index (κ2) is 7.57. The van der Waals surface area contributed by atoms with Gasteiger partial charge in [-0.2, -0.15) is 14.5 Å². The number of carbonyl (C=O) groups is 1. The number of rotatable bonds is 4. The van der Waals surface area contributed by atoms with Crippen LogP contribution in [-0.4, -0.2) is 35.9 Å². The fraction of sp³-hybridized carbons (Fsp3) is 0.105. The minimum atomic E-state index is -0.216. The number of aromatic nitrogens is 6. The number of tetrazole rings is 1. The van der Waals surface area contributed by atoms with Gasteiger partial charge in [0.05, 0.1) is 22.0 Å². The SMILES string of the molecule is Cc1nn(C(=O)c2ccc(Cl)cc2)c(C)c1Sc1nnnn1-c1ccccc1. The van der Waals surface area contributed by atoms with Gasteiger partial charge in [-0.05, 0) is 72.4 Å². The van der Waals surface area contributed by atoms with E-state index in [0.717, 1.165) is 22.0 Å². The minimum Gasteiger partial charge on any atom is -0.267 e. The van der Waals surface area contributed by atoms with Crippen LogP contribution in [0.3, 0.4) is 0 Å². The molecule has 0 saturated heterocycles. The van der Waals surface area contributed by atoms with Crippen LogP contribution < -0.4 is 0 Å². The summed E-state index contributed by atoms with van der Waals surface area (Å²) in [5.74, 6) is -0.216. The van der Waals surface area contributed by atoms with Gasteiger partial charge in [-0.1, -0.05) is 29.8 Å². The van der Waals surface area contributed by atoms with Gasteiger partial charge in [0.15, 0.2) is 0 Å². The summed E-state index contributed by atoms with van der Waals surface area (Å²) < 4.78 is 3.06. The van der Waals surface area contributed by atoms with Gasteiger partial charge in [0.25, 0.3) is 5.91 Å². The van der Waals surface area contributed by atoms with Crippen molar-refractivity contribution in [1.82, 2.24) is 30.0 Å². The number of carbonyl (C=O) groups excluding carboxylic acids is 1. The molecule has 4 aromatic rings. The van der Waals surface area contributed by atoms with Crippen molar-refractivity contribution in [3.8, 4) is 5.69 Å². The lowest BCUT2D eigenvalue weighted by atomic mass is 10.2. The zero-order valence-electron chi connectivity index (χ0n) is 15.1. The van der Waals surface area contributed by atoms with Crippen molar-refractivity contribution < 1.29 is 4.79 Å². The van der Waals surface area contributed by atoms with E-state index in [2.05, 4.69) is 20.6 Å². The maximum atomic E-state index is 12.8. The lowest BCUT2D eigenvalue weighted by Gasteiger charge is -2.05. The summed E-state index contributed by atoms with van der Waals surface area (Å²) in [6.45, 7) is 3.71. The third kappa shape index (κ3) is 3.44. The standard InChI is InChI=1S/C19H15ClN6OS/c1-12-17(28-19-21-23-24-26(19)16-6-4-3-5-7-16)13(2)25(22-12)18(27)14-8-10-15(20)11-9-14/h3-11H,1-2H3. The Balaban J connectivity index is 1.67. The van der Waals surface area contributed by atoms with Gasteiger partial charge in [-0.25, -0.2) is 0 Å². The molecule has 0 aliphatic rings. The van der Waals surface area contributed by atoms with E-state index in [9.17, 15) is 4.79 Å². The highest BCUT2D eigenvalue weighted by atomic mass is 35.5. The summed E-state index contributed by atoms with van der Waals surface area (Å²) in [5.41, 5.74) is 2.83. The number of hydrogen-bond acceptors (Lipinski definition) is 6. The third-order valence-electron chi connectivity index (χ3n) is 4.14. The molecule has 4 rings (SSSR count). The molecule has 140 valence electrons. The lowest BCUT2D eigenvalue weighted by molar-refractivity contribution is 0.0942. The summed E-state index contributed by atoms with van der Waals surface area (Å²) >= 11 is 7.28. The molecule has 28 heavy (non-hydrogen) atoms. The summed E-state index contributed by atoms with van der Waals surface area (Å²) in [6, 6.07) is 16.4. The van der Waals surface area contributed by atoms with E-state index in [1.165, 1.54) is 16.4 Å². The second-order valence-corrected chi connectivity index (χ2v) is 7.45. The van der Waals surface area contributed by atoms with E-state index in [1.54, 1.807) is 28.9 Å². The molecule has 0 fully saturated rings. The Morgan fingerprint density at radius 3 is 2.46 bits per heavy atom. The fourth-order valence-electron chi connectivity index (χ4n) is 2.75. The fourth-order valence-corrected chi connectivity index (χ4v) is 3.79. The van der Waals surface area contributed by atoms with Crippen molar-refractivity contribution in [3.05, 3.63) is 76.6 Å². The molecule has 7 nitrogen and oxygen atoms in total. The van der Waals surface area contributed by atoms with Crippen LogP contribution >= 0.6 is 23.4 Å². The Labute approximate surface area is 170 Å². The van der Waals surface area contributed by atoms with E-state index in [-0.39, 0.29) is 5.91 Å². The third-order valence-corrected chi connectivity index (χ3v) is 5.63. The van der Waals surface area contributed by atoms with Gasteiger partial charge in [-0.15, -0.1) is 5.10 Å². The van der Waals surface area contributed by atoms with Crippen LogP contribution in [0.15, 0.2) is 64.6 Å². The molecule has 0 aliphatic heterocycles. The number of para-hydroxylation sites is 1. The molecule has 2 heterocycles. The molecule has 0 bridgehead atoms. The van der Waals surface area contributed by atoms with Gasteiger partial charge in [-0.3, -0.25) is 4.79 Å². The highest BCUT2D eigenvalue weighted by Crippen LogP contribution is 2.32. The molecule has 0 spiro atoms. The van der Waals surface area contributed by atoms with Crippen molar-refractivity contribution in [2.24, 2.45) is 0 Å². The van der Waals surface area contributed by atoms with Crippen LogP contribution in [0.4, 0.5) is 0 Å². The normalized spacial score (nSPS) is 11.0. The van der Waals surface area contributed by atoms with Gasteiger partial charge in [0.2, 0.25) is 5.16 Å². The van der Waals surface area contributed by atoms with Crippen molar-refractivity contribution in [1.29, 1.82) is 0 Å². The summed E-state index contributed by atoms with van der Waals surface area (Å²) in [7, 11) is 0. The monoisotopic (exact) mass is 410 g/mol. The van der Waals surface area contributed by atoms with Crippen LogP contribution in [0.1, 0.15) is 21.7 Å². The van der Waals surface area contributed by atoms with Crippen LogP contribution in [0.2, 0.25) is 5.02 Å². The topological polar surface area (TPSA) is 78.5 Å². The first-order chi connectivity index (χ1) is 13.5. The van der Waals surface area contributed by atoms with E-state index < -0.39 is 0 Å². The molecule has 0 saturated carbocycles. The van der Waals surface area contributed by atoms with Gasteiger partial charge >= 0.3 is 0 Å². The average molecular weight is 411 g/mol. The number of halogens is 1. The van der Waals surface area contributed by atoms with Crippen LogP contribution in [-0.2, 0) is 0 Å². The van der Waals surface area contributed by atoms with Crippen LogP contribution in [0.25, 0.3) is 5.69 Å². The molecular formula is C19H15ClN6OS. The van der Waals surface area contributed by atoms with Crippen molar-refractivity contribution in [2.45, 2.75) is 23.9 Å². The molecule has 0 atom stereocenters.